The van der Waals surface area contributed by atoms with E-state index in [1.165, 1.54) is 17.3 Å². The minimum atomic E-state index is -3.73. The summed E-state index contributed by atoms with van der Waals surface area (Å²) < 4.78 is 30.3. The van der Waals surface area contributed by atoms with Crippen molar-refractivity contribution in [3.63, 3.8) is 0 Å². The smallest absolute Gasteiger partial charge is 0.260 e. The first-order valence-electron chi connectivity index (χ1n) is 10.6. The average molecular weight is 512 g/mol. The topological polar surface area (TPSA) is 128 Å². The zero-order valence-electron chi connectivity index (χ0n) is 19.0. The lowest BCUT2D eigenvalue weighted by Gasteiger charge is -2.24. The maximum atomic E-state index is 13.6. The second-order valence-electron chi connectivity index (χ2n) is 7.69. The van der Waals surface area contributed by atoms with Crippen LogP contribution in [0.5, 0.6) is 5.88 Å². The Morgan fingerprint density at radius 2 is 1.94 bits per heavy atom. The molecule has 0 aliphatic heterocycles. The van der Waals surface area contributed by atoms with Crippen LogP contribution < -0.4 is 15.4 Å². The lowest BCUT2D eigenvalue weighted by Crippen LogP contribution is -2.32. The van der Waals surface area contributed by atoms with Crippen molar-refractivity contribution in [2.75, 3.05) is 23.5 Å². The molecule has 0 fully saturated rings. The predicted molar refractivity (Wildman–Crippen MR) is 134 cm³/mol. The number of nitrogen functional groups attached to an aromatic ring is 1. The Morgan fingerprint density at radius 1 is 1.14 bits per heavy atom. The maximum absolute atomic E-state index is 13.6. The standard InChI is InChI=1S/C24H22ClN5O4S/c1-3-34-21-9-8-17(13-28-21)24(31)30(20-5-4-10-27-23(20)35(2,32)33)14-15-6-7-16-12-18(25)22(26)29-19(16)11-15/h4-13H,3,14H2,1-2H3,(H2,26,29). The zero-order valence-corrected chi connectivity index (χ0v) is 20.5. The third kappa shape index (κ3) is 5.33. The third-order valence-corrected chi connectivity index (χ3v) is 6.44. The molecule has 0 bridgehead atoms. The van der Waals surface area contributed by atoms with Crippen LogP contribution in [0.2, 0.25) is 5.02 Å². The Balaban J connectivity index is 1.80. The molecule has 3 heterocycles. The number of carbonyl (C=O) groups is 1. The van der Waals surface area contributed by atoms with Gasteiger partial charge in [-0.05, 0) is 42.8 Å². The van der Waals surface area contributed by atoms with E-state index in [2.05, 4.69) is 15.0 Å². The summed E-state index contributed by atoms with van der Waals surface area (Å²) >= 11 is 6.07. The fraction of sp³-hybridized carbons (Fsp3) is 0.167. The molecular weight excluding hydrogens is 490 g/mol. The molecule has 4 rings (SSSR count). The van der Waals surface area contributed by atoms with Crippen LogP contribution in [0.15, 0.2) is 66.0 Å². The molecule has 0 saturated carbocycles. The predicted octanol–water partition coefficient (Wildman–Crippen LogP) is 3.91. The van der Waals surface area contributed by atoms with Gasteiger partial charge in [0.05, 0.1) is 34.9 Å². The normalized spacial score (nSPS) is 11.4. The van der Waals surface area contributed by atoms with E-state index in [0.717, 1.165) is 11.6 Å². The van der Waals surface area contributed by atoms with Crippen molar-refractivity contribution in [2.45, 2.75) is 18.5 Å². The van der Waals surface area contributed by atoms with Crippen molar-refractivity contribution < 1.29 is 17.9 Å². The minimum Gasteiger partial charge on any atom is -0.478 e. The van der Waals surface area contributed by atoms with Crippen molar-refractivity contribution in [1.82, 2.24) is 15.0 Å². The molecule has 2 N–H and O–H groups in total. The van der Waals surface area contributed by atoms with Crippen LogP contribution in [-0.2, 0) is 16.4 Å². The number of aromatic nitrogens is 3. The largest absolute Gasteiger partial charge is 0.478 e. The monoisotopic (exact) mass is 511 g/mol. The van der Waals surface area contributed by atoms with Gasteiger partial charge in [0, 0.05) is 30.1 Å². The number of sulfone groups is 1. The Kier molecular flexibility index (Phi) is 6.86. The van der Waals surface area contributed by atoms with E-state index in [1.54, 1.807) is 36.4 Å². The molecule has 0 aliphatic carbocycles. The Morgan fingerprint density at radius 3 is 2.63 bits per heavy atom. The summed E-state index contributed by atoms with van der Waals surface area (Å²) in [7, 11) is -3.73. The Bertz CT molecular complexity index is 1510. The number of hydrogen-bond donors (Lipinski definition) is 1. The van der Waals surface area contributed by atoms with Crippen LogP contribution in [0, 0.1) is 0 Å². The second kappa shape index (κ2) is 9.85. The van der Waals surface area contributed by atoms with Crippen molar-refractivity contribution in [2.24, 2.45) is 0 Å². The van der Waals surface area contributed by atoms with Crippen LogP contribution in [0.3, 0.4) is 0 Å². The Labute approximate surface area is 207 Å². The number of nitrogens with two attached hydrogens (primary N) is 1. The van der Waals surface area contributed by atoms with Crippen LogP contribution >= 0.6 is 11.6 Å². The first-order chi connectivity index (χ1) is 16.7. The minimum absolute atomic E-state index is 0.0421. The highest BCUT2D eigenvalue weighted by atomic mass is 35.5. The van der Waals surface area contributed by atoms with Gasteiger partial charge in [-0.15, -0.1) is 0 Å². The number of anilines is 2. The van der Waals surface area contributed by atoms with Gasteiger partial charge in [-0.3, -0.25) is 4.79 Å². The summed E-state index contributed by atoms with van der Waals surface area (Å²) in [5.74, 6) is 0.115. The van der Waals surface area contributed by atoms with Gasteiger partial charge in [-0.1, -0.05) is 23.7 Å². The molecule has 1 amide bonds. The fourth-order valence-electron chi connectivity index (χ4n) is 3.52. The summed E-state index contributed by atoms with van der Waals surface area (Å²) in [6, 6.07) is 13.4. The van der Waals surface area contributed by atoms with Gasteiger partial charge in [-0.2, -0.15) is 0 Å². The van der Waals surface area contributed by atoms with E-state index >= 15 is 0 Å². The van der Waals surface area contributed by atoms with Gasteiger partial charge in [0.25, 0.3) is 5.91 Å². The van der Waals surface area contributed by atoms with E-state index in [0.29, 0.717) is 28.6 Å². The Hall–Kier alpha value is -3.76. The molecule has 1 aromatic carbocycles. The average Bonchev–Trinajstić information content (AvgIpc) is 2.83. The van der Waals surface area contributed by atoms with Gasteiger partial charge in [0.2, 0.25) is 5.88 Å². The molecule has 9 nitrogen and oxygen atoms in total. The molecule has 3 aromatic heterocycles. The number of carbonyl (C=O) groups excluding carboxylic acids is 1. The van der Waals surface area contributed by atoms with Crippen molar-refractivity contribution in [3.8, 4) is 5.88 Å². The molecule has 11 heteroatoms. The van der Waals surface area contributed by atoms with Crippen LogP contribution in [0.25, 0.3) is 10.9 Å². The van der Waals surface area contributed by atoms with Crippen molar-refractivity contribution in [3.05, 3.63) is 77.1 Å². The molecule has 0 saturated heterocycles. The van der Waals surface area contributed by atoms with Crippen molar-refractivity contribution >= 4 is 49.8 Å². The molecule has 0 unspecified atom stereocenters. The highest BCUT2D eigenvalue weighted by Crippen LogP contribution is 2.28. The van der Waals surface area contributed by atoms with Crippen LogP contribution in [0.4, 0.5) is 11.5 Å². The molecule has 180 valence electrons. The summed E-state index contributed by atoms with van der Waals surface area (Å²) in [5.41, 5.74) is 7.55. The number of fused-ring (bicyclic) bond motifs is 1. The molecular formula is C24H22ClN5O4S. The highest BCUT2D eigenvalue weighted by Gasteiger charge is 2.26. The SMILES string of the molecule is CCOc1ccc(C(=O)N(Cc2ccc3cc(Cl)c(N)nc3c2)c2cccnc2S(C)(=O)=O)cn1. The lowest BCUT2D eigenvalue weighted by molar-refractivity contribution is 0.0984. The number of benzene rings is 1. The molecule has 0 aliphatic rings. The number of hydrogen-bond acceptors (Lipinski definition) is 8. The number of halogens is 1. The summed E-state index contributed by atoms with van der Waals surface area (Å²) in [6.45, 7) is 2.31. The molecule has 35 heavy (non-hydrogen) atoms. The van der Waals surface area contributed by atoms with Crippen molar-refractivity contribution in [1.29, 1.82) is 0 Å². The number of rotatable bonds is 7. The third-order valence-electron chi connectivity index (χ3n) is 5.12. The number of ether oxygens (including phenoxy) is 1. The van der Waals surface area contributed by atoms with Gasteiger partial charge < -0.3 is 15.4 Å². The second-order valence-corrected chi connectivity index (χ2v) is 10.0. The highest BCUT2D eigenvalue weighted by molar-refractivity contribution is 7.90. The number of pyridine rings is 3. The fourth-order valence-corrected chi connectivity index (χ4v) is 4.49. The molecule has 0 spiro atoms. The summed E-state index contributed by atoms with van der Waals surface area (Å²) in [4.78, 5) is 27.5. The van der Waals surface area contributed by atoms with Crippen LogP contribution in [0.1, 0.15) is 22.8 Å². The first-order valence-corrected chi connectivity index (χ1v) is 12.8. The van der Waals surface area contributed by atoms with E-state index in [-0.39, 0.29) is 28.6 Å². The summed E-state index contributed by atoms with van der Waals surface area (Å²) in [5, 5.41) is 0.917. The lowest BCUT2D eigenvalue weighted by atomic mass is 10.1. The van der Waals surface area contributed by atoms with Gasteiger partial charge >= 0.3 is 0 Å². The summed E-state index contributed by atoms with van der Waals surface area (Å²) in [6.07, 6.45) is 3.81. The maximum Gasteiger partial charge on any atom is 0.260 e. The zero-order chi connectivity index (χ0) is 25.2. The van der Waals surface area contributed by atoms with E-state index in [9.17, 15) is 13.2 Å². The van der Waals surface area contributed by atoms with E-state index in [4.69, 9.17) is 22.1 Å². The van der Waals surface area contributed by atoms with E-state index < -0.39 is 15.7 Å². The van der Waals surface area contributed by atoms with Gasteiger partial charge in [0.15, 0.2) is 14.9 Å². The van der Waals surface area contributed by atoms with E-state index in [1.807, 2.05) is 19.1 Å². The van der Waals surface area contributed by atoms with Crippen LogP contribution in [-0.4, -0.2) is 42.1 Å². The molecule has 4 aromatic rings. The van der Waals surface area contributed by atoms with Gasteiger partial charge in [0.1, 0.15) is 5.82 Å². The number of nitrogens with zero attached hydrogens (tertiary/aromatic N) is 4. The van der Waals surface area contributed by atoms with Gasteiger partial charge in [-0.25, -0.2) is 23.4 Å². The molecule has 0 radical (unpaired) electrons. The first kappa shape index (κ1) is 24.4. The number of amides is 1. The quantitative estimate of drug-likeness (QED) is 0.395. The molecule has 0 atom stereocenters.